The topological polar surface area (TPSA) is 68.0 Å². The predicted molar refractivity (Wildman–Crippen MR) is 88.7 cm³/mol. The molecular formula is C16H15N3OS. The van der Waals surface area contributed by atoms with Gasteiger partial charge in [-0.3, -0.25) is 9.78 Å². The van der Waals surface area contributed by atoms with E-state index in [1.54, 1.807) is 12.3 Å². The molecule has 1 amide bonds. The summed E-state index contributed by atoms with van der Waals surface area (Å²) in [6.07, 6.45) is 3.41. The Labute approximate surface area is 126 Å². The average molecular weight is 297 g/mol. The molecule has 0 aliphatic heterocycles. The number of benzene rings is 1. The van der Waals surface area contributed by atoms with Gasteiger partial charge >= 0.3 is 0 Å². The summed E-state index contributed by atoms with van der Waals surface area (Å²) in [7, 11) is 0. The van der Waals surface area contributed by atoms with Crippen molar-refractivity contribution < 1.29 is 4.79 Å². The molecule has 0 fully saturated rings. The minimum atomic E-state index is -0.176. The van der Waals surface area contributed by atoms with Crippen LogP contribution in [0.4, 0.5) is 5.69 Å². The van der Waals surface area contributed by atoms with Crippen LogP contribution in [0.1, 0.15) is 16.6 Å². The van der Waals surface area contributed by atoms with Crippen LogP contribution in [0, 0.1) is 0 Å². The summed E-state index contributed by atoms with van der Waals surface area (Å²) in [6.45, 7) is 5.53. The molecular weight excluding hydrogens is 282 g/mol. The summed E-state index contributed by atoms with van der Waals surface area (Å²) >= 11 is 1.40. The number of fused-ring (bicyclic) bond motifs is 3. The second kappa shape index (κ2) is 5.18. The van der Waals surface area contributed by atoms with Crippen molar-refractivity contribution in [3.8, 4) is 0 Å². The number of hydrogen-bond acceptors (Lipinski definition) is 4. The largest absolute Gasteiger partial charge is 0.397 e. The monoisotopic (exact) mass is 297 g/mol. The van der Waals surface area contributed by atoms with Crippen LogP contribution in [0.25, 0.3) is 21.0 Å². The Morgan fingerprint density at radius 1 is 1.43 bits per heavy atom. The first-order valence-corrected chi connectivity index (χ1v) is 7.42. The number of hydrogen-bond donors (Lipinski definition) is 2. The summed E-state index contributed by atoms with van der Waals surface area (Å²) < 4.78 is 0.995. The number of thiophene rings is 1. The molecule has 3 N–H and O–H groups in total. The molecule has 1 aromatic carbocycles. The molecule has 3 rings (SSSR count). The van der Waals surface area contributed by atoms with E-state index in [1.807, 2.05) is 31.2 Å². The number of carbonyl (C=O) groups is 1. The van der Waals surface area contributed by atoms with Crippen LogP contribution in [0.15, 0.2) is 43.1 Å². The number of amides is 1. The van der Waals surface area contributed by atoms with Gasteiger partial charge in [-0.1, -0.05) is 24.3 Å². The molecule has 106 valence electrons. The summed E-state index contributed by atoms with van der Waals surface area (Å²) in [5.74, 6) is -0.176. The molecule has 1 atom stereocenters. The van der Waals surface area contributed by atoms with Crippen molar-refractivity contribution >= 4 is 43.9 Å². The fourth-order valence-electron chi connectivity index (χ4n) is 2.20. The molecule has 4 nitrogen and oxygen atoms in total. The summed E-state index contributed by atoms with van der Waals surface area (Å²) in [4.78, 5) is 17.2. The van der Waals surface area contributed by atoms with Crippen molar-refractivity contribution in [2.75, 3.05) is 5.73 Å². The summed E-state index contributed by atoms with van der Waals surface area (Å²) in [6, 6.07) is 7.74. The maximum Gasteiger partial charge on any atom is 0.263 e. The normalized spacial score (nSPS) is 12.4. The summed E-state index contributed by atoms with van der Waals surface area (Å²) in [5.41, 5.74) is 7.52. The Bertz CT molecular complexity index is 853. The van der Waals surface area contributed by atoms with Crippen LogP contribution >= 0.6 is 11.3 Å². The number of nitrogens with zero attached hydrogens (tertiary/aromatic N) is 1. The minimum Gasteiger partial charge on any atom is -0.397 e. The Hall–Kier alpha value is -2.40. The van der Waals surface area contributed by atoms with Crippen molar-refractivity contribution in [2.24, 2.45) is 0 Å². The molecule has 0 saturated carbocycles. The van der Waals surface area contributed by atoms with Crippen LogP contribution in [-0.4, -0.2) is 16.9 Å². The van der Waals surface area contributed by atoms with Crippen molar-refractivity contribution in [3.63, 3.8) is 0 Å². The quantitative estimate of drug-likeness (QED) is 0.729. The molecule has 3 aromatic rings. The molecule has 0 aliphatic carbocycles. The van der Waals surface area contributed by atoms with Gasteiger partial charge in [0.25, 0.3) is 5.91 Å². The molecule has 21 heavy (non-hydrogen) atoms. The van der Waals surface area contributed by atoms with Crippen LogP contribution in [-0.2, 0) is 0 Å². The fourth-order valence-corrected chi connectivity index (χ4v) is 3.33. The molecule has 0 aliphatic rings. The first-order valence-electron chi connectivity index (χ1n) is 6.61. The number of para-hydroxylation sites is 1. The van der Waals surface area contributed by atoms with Gasteiger partial charge in [0.15, 0.2) is 0 Å². The maximum absolute atomic E-state index is 12.3. The Morgan fingerprint density at radius 2 is 2.19 bits per heavy atom. The molecule has 5 heteroatoms. The van der Waals surface area contributed by atoms with E-state index in [4.69, 9.17) is 5.73 Å². The lowest BCUT2D eigenvalue weighted by molar-refractivity contribution is 0.0952. The summed E-state index contributed by atoms with van der Waals surface area (Å²) in [5, 5.41) is 4.69. The van der Waals surface area contributed by atoms with Crippen molar-refractivity contribution in [2.45, 2.75) is 13.0 Å². The zero-order valence-electron chi connectivity index (χ0n) is 11.6. The minimum absolute atomic E-state index is 0.100. The molecule has 2 heterocycles. The second-order valence-electron chi connectivity index (χ2n) is 4.86. The first-order chi connectivity index (χ1) is 10.1. The highest BCUT2D eigenvalue weighted by Crippen LogP contribution is 2.37. The van der Waals surface area contributed by atoms with Gasteiger partial charge in [-0.25, -0.2) is 0 Å². The Kier molecular flexibility index (Phi) is 3.35. The first kappa shape index (κ1) is 13.6. The molecule has 2 aromatic heterocycles. The van der Waals surface area contributed by atoms with Gasteiger partial charge in [-0.15, -0.1) is 17.9 Å². The van der Waals surface area contributed by atoms with E-state index >= 15 is 0 Å². The van der Waals surface area contributed by atoms with Gasteiger partial charge in [0.2, 0.25) is 0 Å². The van der Waals surface area contributed by atoms with Gasteiger partial charge < -0.3 is 11.1 Å². The number of pyridine rings is 1. The molecule has 1 unspecified atom stereocenters. The second-order valence-corrected chi connectivity index (χ2v) is 5.88. The van der Waals surface area contributed by atoms with Crippen LogP contribution in [0.5, 0.6) is 0 Å². The van der Waals surface area contributed by atoms with Crippen LogP contribution < -0.4 is 11.1 Å². The third kappa shape index (κ3) is 2.25. The average Bonchev–Trinajstić information content (AvgIpc) is 2.85. The predicted octanol–water partition coefficient (Wildman–Crippen LogP) is 3.34. The number of nitrogens with one attached hydrogen (secondary N) is 1. The van der Waals surface area contributed by atoms with Gasteiger partial charge in [0.05, 0.1) is 11.2 Å². The lowest BCUT2D eigenvalue weighted by Gasteiger charge is -2.07. The third-order valence-electron chi connectivity index (χ3n) is 3.38. The fraction of sp³-hybridized carbons (Fsp3) is 0.125. The molecule has 0 bridgehead atoms. The Balaban J connectivity index is 2.17. The highest BCUT2D eigenvalue weighted by molar-refractivity contribution is 7.22. The number of nitrogens with two attached hydrogens (primary N) is 1. The van der Waals surface area contributed by atoms with E-state index in [-0.39, 0.29) is 11.9 Å². The molecule has 0 radical (unpaired) electrons. The highest BCUT2D eigenvalue weighted by atomic mass is 32.1. The SMILES string of the molecule is C=CC(C)NC(=O)c1sc2c(cnc3ccccc32)c1N. The van der Waals surface area contributed by atoms with Crippen LogP contribution in [0.3, 0.4) is 0 Å². The Morgan fingerprint density at radius 3 is 2.95 bits per heavy atom. The standard InChI is InChI=1S/C16H15N3OS/c1-3-9(2)19-16(20)15-13(17)11-8-18-12-7-5-4-6-10(12)14(11)21-15/h3-9H,1,17H2,2H3,(H,19,20). The van der Waals surface area contributed by atoms with Gasteiger partial charge in [0.1, 0.15) is 4.88 Å². The van der Waals surface area contributed by atoms with Crippen molar-refractivity contribution in [3.05, 3.63) is 48.0 Å². The molecule has 0 saturated heterocycles. The third-order valence-corrected chi connectivity index (χ3v) is 4.64. The van der Waals surface area contributed by atoms with Crippen molar-refractivity contribution in [1.29, 1.82) is 0 Å². The number of nitrogen functional groups attached to an aromatic ring is 1. The zero-order valence-corrected chi connectivity index (χ0v) is 12.4. The number of rotatable bonds is 3. The van der Waals surface area contributed by atoms with E-state index in [9.17, 15) is 4.79 Å². The smallest absolute Gasteiger partial charge is 0.263 e. The lowest BCUT2D eigenvalue weighted by Crippen LogP contribution is -2.30. The number of aromatic nitrogens is 1. The zero-order chi connectivity index (χ0) is 15.0. The van der Waals surface area contributed by atoms with E-state index in [0.717, 1.165) is 21.0 Å². The number of carbonyl (C=O) groups excluding carboxylic acids is 1. The van der Waals surface area contributed by atoms with E-state index < -0.39 is 0 Å². The number of anilines is 1. The van der Waals surface area contributed by atoms with Crippen LogP contribution in [0.2, 0.25) is 0 Å². The van der Waals surface area contributed by atoms with E-state index in [0.29, 0.717) is 10.6 Å². The van der Waals surface area contributed by atoms with Gasteiger partial charge in [-0.05, 0) is 13.0 Å². The van der Waals surface area contributed by atoms with Gasteiger partial charge in [0, 0.05) is 27.7 Å². The van der Waals surface area contributed by atoms with E-state index in [2.05, 4.69) is 16.9 Å². The van der Waals surface area contributed by atoms with Gasteiger partial charge in [-0.2, -0.15) is 0 Å². The van der Waals surface area contributed by atoms with Crippen molar-refractivity contribution in [1.82, 2.24) is 10.3 Å². The highest BCUT2D eigenvalue weighted by Gasteiger charge is 2.18. The lowest BCUT2D eigenvalue weighted by atomic mass is 10.1. The maximum atomic E-state index is 12.3. The molecule has 0 spiro atoms. The van der Waals surface area contributed by atoms with E-state index in [1.165, 1.54) is 11.3 Å².